The average Bonchev–Trinajstić information content (AvgIpc) is 3.31. The topological polar surface area (TPSA) is 68.9 Å². The molecular weight excluding hydrogens is 403 g/mol. The van der Waals surface area contributed by atoms with Crippen LogP contribution in [0.15, 0.2) is 46.9 Å². The molecule has 0 bridgehead atoms. The molecule has 5 nitrogen and oxygen atoms in total. The fourth-order valence-corrected chi connectivity index (χ4v) is 3.85. The summed E-state index contributed by atoms with van der Waals surface area (Å²) in [6.07, 6.45) is -2.44. The van der Waals surface area contributed by atoms with Crippen molar-refractivity contribution in [3.05, 3.63) is 64.8 Å². The Labute approximate surface area is 167 Å². The highest BCUT2D eigenvalue weighted by Gasteiger charge is 2.29. The van der Waals surface area contributed by atoms with Crippen molar-refractivity contribution < 1.29 is 22.4 Å². The van der Waals surface area contributed by atoms with E-state index in [0.717, 1.165) is 39.2 Å². The van der Waals surface area contributed by atoms with E-state index in [9.17, 15) is 18.0 Å². The van der Waals surface area contributed by atoms with Crippen molar-refractivity contribution in [2.45, 2.75) is 25.4 Å². The minimum atomic E-state index is -4.35. The zero-order chi connectivity index (χ0) is 20.4. The number of aryl methyl sites for hydroxylation is 1. The number of aldehydes is 1. The maximum Gasteiger partial charge on any atom is 0.416 e. The highest BCUT2D eigenvalue weighted by molar-refractivity contribution is 7.18. The van der Waals surface area contributed by atoms with E-state index in [2.05, 4.69) is 15.2 Å². The van der Waals surface area contributed by atoms with E-state index in [0.29, 0.717) is 36.6 Å². The van der Waals surface area contributed by atoms with Gasteiger partial charge in [-0.05, 0) is 35.4 Å². The van der Waals surface area contributed by atoms with Gasteiger partial charge in [0.05, 0.1) is 22.2 Å². The predicted molar refractivity (Wildman–Crippen MR) is 102 cm³/mol. The van der Waals surface area contributed by atoms with Crippen molar-refractivity contribution in [2.24, 2.45) is 0 Å². The minimum Gasteiger partial charge on any atom is -0.425 e. The molecule has 0 aliphatic heterocycles. The van der Waals surface area contributed by atoms with Crippen molar-refractivity contribution in [3.8, 4) is 11.1 Å². The molecular formula is C20H14F3N3O2S. The smallest absolute Gasteiger partial charge is 0.416 e. The van der Waals surface area contributed by atoms with Gasteiger partial charge in [0.1, 0.15) is 11.3 Å². The van der Waals surface area contributed by atoms with Crippen LogP contribution in [0.2, 0.25) is 0 Å². The summed E-state index contributed by atoms with van der Waals surface area (Å²) < 4.78 is 44.6. The molecule has 2 aromatic carbocycles. The van der Waals surface area contributed by atoms with Crippen molar-refractivity contribution in [3.63, 3.8) is 0 Å². The fourth-order valence-electron chi connectivity index (χ4n) is 2.85. The van der Waals surface area contributed by atoms with Gasteiger partial charge in [0.15, 0.2) is 0 Å². The van der Waals surface area contributed by atoms with E-state index in [1.807, 2.05) is 18.2 Å². The Balaban J connectivity index is 1.54. The van der Waals surface area contributed by atoms with Gasteiger partial charge >= 0.3 is 6.18 Å². The summed E-state index contributed by atoms with van der Waals surface area (Å²) in [5.74, 6) is 0.839. The number of fused-ring (bicyclic) bond motifs is 1. The summed E-state index contributed by atoms with van der Waals surface area (Å²) in [5, 5.41) is 8.66. The average molecular weight is 417 g/mol. The van der Waals surface area contributed by atoms with Gasteiger partial charge in [-0.3, -0.25) is 0 Å². The number of hydrogen-bond donors (Lipinski definition) is 0. The SMILES string of the molecule is O=CCCc1nnc(Cc2nc3ccc(-c4ccc(C(F)(F)F)cc4)cc3s2)o1. The highest BCUT2D eigenvalue weighted by Crippen LogP contribution is 2.33. The first-order valence-corrected chi connectivity index (χ1v) is 9.56. The molecule has 0 aliphatic rings. The van der Waals surface area contributed by atoms with Crippen molar-refractivity contribution in [1.82, 2.24) is 15.2 Å². The summed E-state index contributed by atoms with van der Waals surface area (Å²) in [6, 6.07) is 10.7. The lowest BCUT2D eigenvalue weighted by atomic mass is 10.0. The van der Waals surface area contributed by atoms with Crippen LogP contribution >= 0.6 is 11.3 Å². The highest BCUT2D eigenvalue weighted by atomic mass is 32.1. The molecule has 29 heavy (non-hydrogen) atoms. The maximum absolute atomic E-state index is 12.7. The minimum absolute atomic E-state index is 0.329. The van der Waals surface area contributed by atoms with Crippen LogP contribution in [0.4, 0.5) is 13.2 Å². The summed E-state index contributed by atoms with van der Waals surface area (Å²) in [7, 11) is 0. The number of thiazole rings is 1. The molecule has 0 amide bonds. The largest absolute Gasteiger partial charge is 0.425 e. The van der Waals surface area contributed by atoms with Crippen LogP contribution in [0.25, 0.3) is 21.3 Å². The molecule has 0 N–H and O–H groups in total. The third kappa shape index (κ3) is 4.34. The number of alkyl halides is 3. The Morgan fingerprint density at radius 1 is 1.00 bits per heavy atom. The van der Waals surface area contributed by atoms with Gasteiger partial charge in [0, 0.05) is 12.8 Å². The molecule has 0 spiro atoms. The second-order valence-electron chi connectivity index (χ2n) is 6.34. The number of aromatic nitrogens is 3. The zero-order valence-corrected chi connectivity index (χ0v) is 15.8. The summed E-state index contributed by atoms with van der Waals surface area (Å²) in [6.45, 7) is 0. The molecule has 4 aromatic rings. The van der Waals surface area contributed by atoms with Crippen LogP contribution in [0, 0.1) is 0 Å². The van der Waals surface area contributed by atoms with Crippen molar-refractivity contribution >= 4 is 27.8 Å². The third-order valence-corrected chi connectivity index (χ3v) is 5.28. The Bertz CT molecular complexity index is 1150. The number of hydrogen-bond acceptors (Lipinski definition) is 6. The van der Waals surface area contributed by atoms with Crippen LogP contribution in [-0.2, 0) is 23.8 Å². The maximum atomic E-state index is 12.7. The monoisotopic (exact) mass is 417 g/mol. The van der Waals surface area contributed by atoms with Gasteiger partial charge in [-0.25, -0.2) is 4.98 Å². The lowest BCUT2D eigenvalue weighted by Crippen LogP contribution is -2.03. The number of nitrogens with zero attached hydrogens (tertiary/aromatic N) is 3. The predicted octanol–water partition coefficient (Wildman–Crippen LogP) is 5.09. The third-order valence-electron chi connectivity index (χ3n) is 4.27. The van der Waals surface area contributed by atoms with Gasteiger partial charge < -0.3 is 9.21 Å². The van der Waals surface area contributed by atoms with E-state index < -0.39 is 11.7 Å². The molecule has 0 radical (unpaired) electrons. The lowest BCUT2D eigenvalue weighted by molar-refractivity contribution is -0.137. The molecule has 2 aromatic heterocycles. The van der Waals surface area contributed by atoms with Gasteiger partial charge in [0.25, 0.3) is 0 Å². The Kier molecular flexibility index (Phi) is 5.14. The van der Waals surface area contributed by atoms with Crippen LogP contribution in [0.1, 0.15) is 28.8 Å². The van der Waals surface area contributed by atoms with E-state index in [4.69, 9.17) is 4.42 Å². The molecule has 4 rings (SSSR count). The first-order chi connectivity index (χ1) is 13.9. The first kappa shape index (κ1) is 19.3. The second kappa shape index (κ2) is 7.75. The number of carbonyl (C=O) groups excluding carboxylic acids is 1. The standard InChI is InChI=1S/C20H14F3N3O2S/c21-20(22,23)14-6-3-12(4-7-14)13-5-8-15-16(10-13)29-19(24-15)11-18-26-25-17(28-18)2-1-9-27/h3-10H,1-2,11H2. The Hall–Kier alpha value is -3.07. The lowest BCUT2D eigenvalue weighted by Gasteiger charge is -2.07. The molecule has 0 saturated heterocycles. The zero-order valence-electron chi connectivity index (χ0n) is 14.9. The van der Waals surface area contributed by atoms with Crippen LogP contribution in [-0.4, -0.2) is 21.5 Å². The quantitative estimate of drug-likeness (QED) is 0.409. The van der Waals surface area contributed by atoms with Gasteiger partial charge in [-0.15, -0.1) is 21.5 Å². The molecule has 0 fully saturated rings. The second-order valence-corrected chi connectivity index (χ2v) is 7.45. The van der Waals surface area contributed by atoms with Crippen LogP contribution in [0.5, 0.6) is 0 Å². The molecule has 9 heteroatoms. The van der Waals surface area contributed by atoms with Gasteiger partial charge in [0.2, 0.25) is 11.8 Å². The first-order valence-electron chi connectivity index (χ1n) is 8.74. The van der Waals surface area contributed by atoms with Crippen molar-refractivity contribution in [2.75, 3.05) is 0 Å². The van der Waals surface area contributed by atoms with E-state index in [1.165, 1.54) is 23.5 Å². The van der Waals surface area contributed by atoms with E-state index in [1.54, 1.807) is 0 Å². The van der Waals surface area contributed by atoms with Crippen molar-refractivity contribution in [1.29, 1.82) is 0 Å². The molecule has 0 atom stereocenters. The fraction of sp³-hybridized carbons (Fsp3) is 0.200. The van der Waals surface area contributed by atoms with Crippen LogP contribution < -0.4 is 0 Å². The normalized spacial score (nSPS) is 11.8. The summed E-state index contributed by atoms with van der Waals surface area (Å²) in [5.41, 5.74) is 1.64. The number of benzene rings is 2. The number of rotatable bonds is 6. The molecule has 148 valence electrons. The summed E-state index contributed by atoms with van der Waals surface area (Å²) >= 11 is 1.46. The number of carbonyl (C=O) groups is 1. The molecule has 0 unspecified atom stereocenters. The Morgan fingerprint density at radius 3 is 2.45 bits per heavy atom. The molecule has 0 aliphatic carbocycles. The van der Waals surface area contributed by atoms with Gasteiger partial charge in [-0.1, -0.05) is 18.2 Å². The van der Waals surface area contributed by atoms with Gasteiger partial charge in [-0.2, -0.15) is 13.2 Å². The molecule has 0 saturated carbocycles. The van der Waals surface area contributed by atoms with E-state index in [-0.39, 0.29) is 0 Å². The number of halogens is 3. The summed E-state index contributed by atoms with van der Waals surface area (Å²) in [4.78, 5) is 15.0. The Morgan fingerprint density at radius 2 is 1.72 bits per heavy atom. The van der Waals surface area contributed by atoms with E-state index >= 15 is 0 Å². The van der Waals surface area contributed by atoms with Crippen LogP contribution in [0.3, 0.4) is 0 Å². The molecule has 2 heterocycles.